The predicted molar refractivity (Wildman–Crippen MR) is 168 cm³/mol. The van der Waals surface area contributed by atoms with Gasteiger partial charge in [0.1, 0.15) is 11.9 Å². The molecule has 4 aromatic rings. The molecule has 43 heavy (non-hydrogen) atoms. The standard InChI is InChI=1S/C33H37N7O3/c1-4-24-23(21-39-12-14-40(15-13-39)31-11-10-22(18-34)19-37-31)8-7-9-27(24)38-32-25-16-29(42-5-2)30(43-6-3)17-28(25)36-20-26(32)33(35)41/h7-11,16-17,19-20H,4-6,12-15,21H2,1-3H3,(H2,35,41)(H,36,38). The molecule has 0 bridgehead atoms. The first-order valence-corrected chi connectivity index (χ1v) is 14.7. The number of pyridine rings is 2. The van der Waals surface area contributed by atoms with Gasteiger partial charge in [0, 0.05) is 62.3 Å². The van der Waals surface area contributed by atoms with E-state index in [1.807, 2.05) is 50.2 Å². The highest BCUT2D eigenvalue weighted by Crippen LogP contribution is 2.38. The number of rotatable bonds is 11. The van der Waals surface area contributed by atoms with E-state index in [1.54, 1.807) is 6.20 Å². The van der Waals surface area contributed by atoms with Gasteiger partial charge in [0.2, 0.25) is 0 Å². The lowest BCUT2D eigenvalue weighted by molar-refractivity contribution is 0.100. The number of aromatic nitrogens is 2. The Bertz CT molecular complexity index is 1640. The summed E-state index contributed by atoms with van der Waals surface area (Å²) < 4.78 is 11.7. The summed E-state index contributed by atoms with van der Waals surface area (Å²) in [7, 11) is 0. The van der Waals surface area contributed by atoms with Crippen LogP contribution in [0.5, 0.6) is 11.5 Å². The number of carbonyl (C=O) groups is 1. The Morgan fingerprint density at radius 1 is 1.00 bits per heavy atom. The molecule has 1 aliphatic rings. The van der Waals surface area contributed by atoms with Gasteiger partial charge in [-0.3, -0.25) is 14.7 Å². The van der Waals surface area contributed by atoms with Crippen LogP contribution in [0.2, 0.25) is 0 Å². The van der Waals surface area contributed by atoms with Crippen LogP contribution in [0.25, 0.3) is 10.9 Å². The number of nitrogens with one attached hydrogen (secondary N) is 1. The van der Waals surface area contributed by atoms with Crippen LogP contribution in [-0.2, 0) is 13.0 Å². The van der Waals surface area contributed by atoms with Crippen molar-refractivity contribution < 1.29 is 14.3 Å². The lowest BCUT2D eigenvalue weighted by Gasteiger charge is -2.35. The summed E-state index contributed by atoms with van der Waals surface area (Å²) >= 11 is 0. The number of nitriles is 1. The lowest BCUT2D eigenvalue weighted by atomic mass is 10.0. The van der Waals surface area contributed by atoms with E-state index >= 15 is 0 Å². The minimum absolute atomic E-state index is 0.305. The number of benzene rings is 2. The first kappa shape index (κ1) is 29.6. The van der Waals surface area contributed by atoms with Crippen molar-refractivity contribution in [2.75, 3.05) is 49.6 Å². The fraction of sp³-hybridized carbons (Fsp3) is 0.333. The third-order valence-corrected chi connectivity index (χ3v) is 7.65. The zero-order valence-electron chi connectivity index (χ0n) is 24.9. The summed E-state index contributed by atoms with van der Waals surface area (Å²) in [5.74, 6) is 1.53. The maximum absolute atomic E-state index is 12.5. The SMILES string of the molecule is CCOc1cc2ncc(C(N)=O)c(Nc3cccc(CN4CCN(c5ccc(C#N)cn5)CC4)c3CC)c2cc1OCC. The van der Waals surface area contributed by atoms with Gasteiger partial charge < -0.3 is 25.4 Å². The second-order valence-corrected chi connectivity index (χ2v) is 10.3. The number of anilines is 3. The van der Waals surface area contributed by atoms with Crippen LogP contribution in [0.3, 0.4) is 0 Å². The van der Waals surface area contributed by atoms with Crippen LogP contribution in [0.4, 0.5) is 17.2 Å². The van der Waals surface area contributed by atoms with Crippen molar-refractivity contribution in [2.24, 2.45) is 5.73 Å². The summed E-state index contributed by atoms with van der Waals surface area (Å²) in [6.07, 6.45) is 3.95. The second kappa shape index (κ2) is 13.4. The highest BCUT2D eigenvalue weighted by Gasteiger charge is 2.21. The van der Waals surface area contributed by atoms with E-state index in [0.29, 0.717) is 47.0 Å². The molecule has 1 fully saturated rings. The number of nitrogens with zero attached hydrogens (tertiary/aromatic N) is 5. The zero-order valence-corrected chi connectivity index (χ0v) is 24.9. The van der Waals surface area contributed by atoms with Gasteiger partial charge >= 0.3 is 0 Å². The fourth-order valence-electron chi connectivity index (χ4n) is 5.53. The first-order valence-electron chi connectivity index (χ1n) is 14.7. The molecule has 3 N–H and O–H groups in total. The Balaban J connectivity index is 1.41. The van der Waals surface area contributed by atoms with Crippen LogP contribution in [0.1, 0.15) is 47.8 Å². The molecule has 0 atom stereocenters. The molecular formula is C33H37N7O3. The zero-order chi connectivity index (χ0) is 30.3. The van der Waals surface area contributed by atoms with Crippen molar-refractivity contribution in [3.63, 3.8) is 0 Å². The van der Waals surface area contributed by atoms with E-state index < -0.39 is 5.91 Å². The third kappa shape index (κ3) is 6.47. The highest BCUT2D eigenvalue weighted by molar-refractivity contribution is 6.08. The Morgan fingerprint density at radius 3 is 2.37 bits per heavy atom. The van der Waals surface area contributed by atoms with Crippen molar-refractivity contribution in [1.29, 1.82) is 5.26 Å². The normalized spacial score (nSPS) is 13.5. The van der Waals surface area contributed by atoms with Gasteiger partial charge in [0.15, 0.2) is 11.5 Å². The number of carbonyl (C=O) groups excluding carboxylic acids is 1. The van der Waals surface area contributed by atoms with Crippen molar-refractivity contribution in [2.45, 2.75) is 33.7 Å². The van der Waals surface area contributed by atoms with Gasteiger partial charge in [-0.1, -0.05) is 19.1 Å². The topological polar surface area (TPSA) is 130 Å². The second-order valence-electron chi connectivity index (χ2n) is 10.3. The van der Waals surface area contributed by atoms with E-state index in [4.69, 9.17) is 20.5 Å². The van der Waals surface area contributed by atoms with E-state index in [2.05, 4.69) is 44.1 Å². The van der Waals surface area contributed by atoms with Gasteiger partial charge in [-0.25, -0.2) is 4.98 Å². The molecule has 0 aliphatic carbocycles. The average Bonchev–Trinajstić information content (AvgIpc) is 3.02. The molecule has 2 aromatic heterocycles. The summed E-state index contributed by atoms with van der Waals surface area (Å²) in [5, 5.41) is 13.3. The molecule has 0 radical (unpaired) electrons. The maximum atomic E-state index is 12.5. The van der Waals surface area contributed by atoms with Crippen LogP contribution >= 0.6 is 0 Å². The van der Waals surface area contributed by atoms with Gasteiger partial charge in [-0.05, 0) is 55.7 Å². The van der Waals surface area contributed by atoms with Gasteiger partial charge in [0.25, 0.3) is 5.91 Å². The molecule has 1 amide bonds. The van der Waals surface area contributed by atoms with Gasteiger partial charge in [0.05, 0.1) is 35.5 Å². The van der Waals surface area contributed by atoms with Gasteiger partial charge in [-0.15, -0.1) is 0 Å². The molecule has 0 spiro atoms. The molecule has 3 heterocycles. The van der Waals surface area contributed by atoms with Crippen molar-refractivity contribution in [1.82, 2.24) is 14.9 Å². The van der Waals surface area contributed by atoms with Gasteiger partial charge in [-0.2, -0.15) is 5.26 Å². The average molecular weight is 580 g/mol. The van der Waals surface area contributed by atoms with E-state index in [0.717, 1.165) is 56.0 Å². The molecule has 1 saturated heterocycles. The number of amides is 1. The molecule has 1 aliphatic heterocycles. The number of hydrogen-bond acceptors (Lipinski definition) is 9. The number of piperazine rings is 1. The lowest BCUT2D eigenvalue weighted by Crippen LogP contribution is -2.46. The van der Waals surface area contributed by atoms with E-state index in [1.165, 1.54) is 17.3 Å². The molecule has 2 aromatic carbocycles. The Morgan fingerprint density at radius 2 is 1.74 bits per heavy atom. The third-order valence-electron chi connectivity index (χ3n) is 7.65. The van der Waals surface area contributed by atoms with Crippen molar-refractivity contribution >= 4 is 34.0 Å². The van der Waals surface area contributed by atoms with Crippen molar-refractivity contribution in [3.8, 4) is 17.6 Å². The number of ether oxygens (including phenoxy) is 2. The molecule has 10 heteroatoms. The monoisotopic (exact) mass is 579 g/mol. The predicted octanol–water partition coefficient (Wildman–Crippen LogP) is 5.03. The van der Waals surface area contributed by atoms with Crippen LogP contribution in [0, 0.1) is 11.3 Å². The Kier molecular flexibility index (Phi) is 9.23. The number of hydrogen-bond donors (Lipinski definition) is 2. The summed E-state index contributed by atoms with van der Waals surface area (Å²) in [6, 6.07) is 15.8. The summed E-state index contributed by atoms with van der Waals surface area (Å²) in [5.41, 5.74) is 11.3. The van der Waals surface area contributed by atoms with Crippen molar-refractivity contribution in [3.05, 3.63) is 77.1 Å². The first-order chi connectivity index (χ1) is 20.9. The molecule has 0 unspecified atom stereocenters. The molecule has 10 nitrogen and oxygen atoms in total. The quantitative estimate of drug-likeness (QED) is 0.251. The van der Waals surface area contributed by atoms with Crippen LogP contribution in [0.15, 0.2) is 54.9 Å². The van der Waals surface area contributed by atoms with E-state index in [-0.39, 0.29) is 0 Å². The molecule has 222 valence electrons. The summed E-state index contributed by atoms with van der Waals surface area (Å²) in [6.45, 7) is 11.2. The summed E-state index contributed by atoms with van der Waals surface area (Å²) in [4.78, 5) is 26.2. The molecule has 0 saturated carbocycles. The largest absolute Gasteiger partial charge is 0.490 e. The minimum Gasteiger partial charge on any atom is -0.490 e. The van der Waals surface area contributed by atoms with E-state index in [9.17, 15) is 4.79 Å². The fourth-order valence-corrected chi connectivity index (χ4v) is 5.53. The van der Waals surface area contributed by atoms with Crippen LogP contribution in [-0.4, -0.2) is 60.2 Å². The molecular weight excluding hydrogens is 542 g/mol. The highest BCUT2D eigenvalue weighted by atomic mass is 16.5. The van der Waals surface area contributed by atoms with Crippen LogP contribution < -0.4 is 25.4 Å². The number of fused-ring (bicyclic) bond motifs is 1. The minimum atomic E-state index is -0.562. The Hall–Kier alpha value is -4.88. The number of nitrogens with two attached hydrogens (primary N) is 1. The Labute approximate surface area is 252 Å². The number of primary amides is 1. The maximum Gasteiger partial charge on any atom is 0.252 e. The molecule has 5 rings (SSSR count). The smallest absolute Gasteiger partial charge is 0.252 e.